The van der Waals surface area contributed by atoms with Crippen LogP contribution in [0.2, 0.25) is 0 Å². The fourth-order valence-electron chi connectivity index (χ4n) is 2.11. The van der Waals surface area contributed by atoms with Gasteiger partial charge >= 0.3 is 0 Å². The number of aromatic nitrogens is 4. The summed E-state index contributed by atoms with van der Waals surface area (Å²) in [7, 11) is 0. The molecule has 1 unspecified atom stereocenters. The van der Waals surface area contributed by atoms with E-state index in [0.29, 0.717) is 5.82 Å². The van der Waals surface area contributed by atoms with Crippen molar-refractivity contribution in [2.24, 2.45) is 0 Å². The summed E-state index contributed by atoms with van der Waals surface area (Å²) >= 11 is 0. The molecule has 0 amide bonds. The lowest BCUT2D eigenvalue weighted by molar-refractivity contribution is 0.270. The molecule has 0 bridgehead atoms. The molecule has 0 fully saturated rings. The zero-order chi connectivity index (χ0) is 11.7. The predicted octanol–water partition coefficient (Wildman–Crippen LogP) is 0.570. The number of nitrogens with one attached hydrogen (secondary N) is 1. The minimum atomic E-state index is -0.134. The summed E-state index contributed by atoms with van der Waals surface area (Å²) < 4.78 is 1.84. The Morgan fingerprint density at radius 3 is 3.00 bits per heavy atom. The molecule has 0 radical (unpaired) electrons. The van der Waals surface area contributed by atoms with Gasteiger partial charge in [-0.15, -0.1) is 0 Å². The first kappa shape index (κ1) is 10.2. The second kappa shape index (κ2) is 4.14. The molecule has 0 aromatic carbocycles. The lowest BCUT2D eigenvalue weighted by Gasteiger charge is -2.24. The van der Waals surface area contributed by atoms with Crippen LogP contribution in [-0.2, 0) is 6.61 Å². The second-order valence-corrected chi connectivity index (χ2v) is 3.97. The SMILES string of the molecule is OCc1nc2n(n1)C(c1ccncc1)CCN2. The molecule has 2 aromatic heterocycles. The van der Waals surface area contributed by atoms with Gasteiger partial charge in [-0.05, 0) is 24.1 Å². The molecular formula is C11H13N5O. The quantitative estimate of drug-likeness (QED) is 0.790. The first-order chi connectivity index (χ1) is 8.38. The fourth-order valence-corrected chi connectivity index (χ4v) is 2.11. The molecule has 0 aliphatic carbocycles. The lowest BCUT2D eigenvalue weighted by Crippen LogP contribution is -2.24. The van der Waals surface area contributed by atoms with Crippen molar-refractivity contribution in [2.75, 3.05) is 11.9 Å². The first-order valence-electron chi connectivity index (χ1n) is 5.58. The number of hydrogen-bond donors (Lipinski definition) is 2. The van der Waals surface area contributed by atoms with E-state index in [1.54, 1.807) is 12.4 Å². The number of rotatable bonds is 2. The van der Waals surface area contributed by atoms with Crippen molar-refractivity contribution in [1.29, 1.82) is 0 Å². The van der Waals surface area contributed by atoms with Crippen LogP contribution in [0.15, 0.2) is 24.5 Å². The van der Waals surface area contributed by atoms with Crippen LogP contribution < -0.4 is 5.32 Å². The standard InChI is InChI=1S/C11H13N5O/c17-7-10-14-11-13-6-3-9(16(11)15-10)8-1-4-12-5-2-8/h1-2,4-5,9,17H,3,6-7H2,(H,13,14,15). The number of fused-ring (bicyclic) bond motifs is 1. The molecule has 3 rings (SSSR count). The van der Waals surface area contributed by atoms with E-state index in [1.165, 1.54) is 0 Å². The normalized spacial score (nSPS) is 18.5. The van der Waals surface area contributed by atoms with Crippen LogP contribution in [0.5, 0.6) is 0 Å². The molecule has 6 nitrogen and oxygen atoms in total. The third-order valence-electron chi connectivity index (χ3n) is 2.90. The Hall–Kier alpha value is -1.95. The number of pyridine rings is 1. The molecule has 0 spiro atoms. The van der Waals surface area contributed by atoms with Crippen molar-refractivity contribution in [3.63, 3.8) is 0 Å². The van der Waals surface area contributed by atoms with Gasteiger partial charge in [0.25, 0.3) is 0 Å². The zero-order valence-corrected chi connectivity index (χ0v) is 9.24. The number of nitrogens with zero attached hydrogens (tertiary/aromatic N) is 4. The summed E-state index contributed by atoms with van der Waals surface area (Å²) in [5.74, 6) is 1.18. The number of aliphatic hydroxyl groups excluding tert-OH is 1. The van der Waals surface area contributed by atoms with Crippen molar-refractivity contribution >= 4 is 5.95 Å². The second-order valence-electron chi connectivity index (χ2n) is 3.97. The molecule has 1 aliphatic rings. The Kier molecular flexibility index (Phi) is 2.49. The smallest absolute Gasteiger partial charge is 0.222 e. The van der Waals surface area contributed by atoms with E-state index in [9.17, 15) is 0 Å². The van der Waals surface area contributed by atoms with Crippen LogP contribution in [0.3, 0.4) is 0 Å². The maximum absolute atomic E-state index is 9.07. The zero-order valence-electron chi connectivity index (χ0n) is 9.24. The van der Waals surface area contributed by atoms with E-state index >= 15 is 0 Å². The van der Waals surface area contributed by atoms with Crippen molar-refractivity contribution in [3.05, 3.63) is 35.9 Å². The van der Waals surface area contributed by atoms with Gasteiger partial charge in [-0.1, -0.05) is 0 Å². The first-order valence-corrected chi connectivity index (χ1v) is 5.58. The topological polar surface area (TPSA) is 75.9 Å². The lowest BCUT2D eigenvalue weighted by atomic mass is 10.0. The minimum absolute atomic E-state index is 0.134. The van der Waals surface area contributed by atoms with Gasteiger partial charge in [0.1, 0.15) is 6.61 Å². The summed E-state index contributed by atoms with van der Waals surface area (Å²) in [4.78, 5) is 8.24. The predicted molar refractivity (Wildman–Crippen MR) is 61.4 cm³/mol. The monoisotopic (exact) mass is 231 g/mol. The van der Waals surface area contributed by atoms with E-state index in [2.05, 4.69) is 20.4 Å². The molecule has 1 atom stereocenters. The van der Waals surface area contributed by atoms with Crippen molar-refractivity contribution in [2.45, 2.75) is 19.1 Å². The Morgan fingerprint density at radius 2 is 2.24 bits per heavy atom. The summed E-state index contributed by atoms with van der Waals surface area (Å²) in [6.07, 6.45) is 4.51. The van der Waals surface area contributed by atoms with Gasteiger partial charge in [-0.3, -0.25) is 4.98 Å². The largest absolute Gasteiger partial charge is 0.388 e. The number of aliphatic hydroxyl groups is 1. The van der Waals surface area contributed by atoms with E-state index in [-0.39, 0.29) is 12.6 Å². The third-order valence-corrected chi connectivity index (χ3v) is 2.90. The Balaban J connectivity index is 2.02. The highest BCUT2D eigenvalue weighted by molar-refractivity contribution is 5.32. The average molecular weight is 231 g/mol. The molecule has 2 N–H and O–H groups in total. The molecule has 1 aliphatic heterocycles. The molecule has 0 saturated carbocycles. The highest BCUT2D eigenvalue weighted by Gasteiger charge is 2.23. The molecule has 17 heavy (non-hydrogen) atoms. The Labute approximate surface area is 98.3 Å². The average Bonchev–Trinajstić information content (AvgIpc) is 2.82. The third kappa shape index (κ3) is 1.76. The molecule has 88 valence electrons. The van der Waals surface area contributed by atoms with E-state index in [0.717, 1.165) is 24.5 Å². The molecule has 2 aromatic rings. The van der Waals surface area contributed by atoms with E-state index in [1.807, 2.05) is 16.8 Å². The van der Waals surface area contributed by atoms with Gasteiger partial charge in [0, 0.05) is 18.9 Å². The fraction of sp³-hybridized carbons (Fsp3) is 0.364. The Bertz CT molecular complexity index is 510. The highest BCUT2D eigenvalue weighted by atomic mass is 16.3. The van der Waals surface area contributed by atoms with Crippen molar-refractivity contribution in [3.8, 4) is 0 Å². The van der Waals surface area contributed by atoms with Crippen molar-refractivity contribution < 1.29 is 5.11 Å². The Morgan fingerprint density at radius 1 is 1.41 bits per heavy atom. The van der Waals surface area contributed by atoms with Gasteiger partial charge in [0.15, 0.2) is 5.82 Å². The van der Waals surface area contributed by atoms with Gasteiger partial charge in [-0.2, -0.15) is 10.1 Å². The molecule has 0 saturated heterocycles. The summed E-state index contributed by atoms with van der Waals surface area (Å²) in [5, 5.41) is 16.5. The summed E-state index contributed by atoms with van der Waals surface area (Å²) in [5.41, 5.74) is 1.16. The number of hydrogen-bond acceptors (Lipinski definition) is 5. The van der Waals surface area contributed by atoms with Gasteiger partial charge < -0.3 is 10.4 Å². The van der Waals surface area contributed by atoms with Crippen LogP contribution in [-0.4, -0.2) is 31.4 Å². The van der Waals surface area contributed by atoms with Gasteiger partial charge in [0.2, 0.25) is 5.95 Å². The van der Waals surface area contributed by atoms with Crippen LogP contribution in [0.4, 0.5) is 5.95 Å². The van der Waals surface area contributed by atoms with Crippen LogP contribution >= 0.6 is 0 Å². The van der Waals surface area contributed by atoms with Crippen LogP contribution in [0, 0.1) is 0 Å². The summed E-state index contributed by atoms with van der Waals surface area (Å²) in [6, 6.07) is 4.14. The molecule has 3 heterocycles. The van der Waals surface area contributed by atoms with Crippen molar-refractivity contribution in [1.82, 2.24) is 19.7 Å². The van der Waals surface area contributed by atoms with E-state index in [4.69, 9.17) is 5.11 Å². The summed E-state index contributed by atoms with van der Waals surface area (Å²) in [6.45, 7) is 0.724. The van der Waals surface area contributed by atoms with Gasteiger partial charge in [0.05, 0.1) is 6.04 Å². The number of anilines is 1. The van der Waals surface area contributed by atoms with Crippen LogP contribution in [0.25, 0.3) is 0 Å². The van der Waals surface area contributed by atoms with Crippen LogP contribution in [0.1, 0.15) is 23.9 Å². The maximum Gasteiger partial charge on any atom is 0.222 e. The molecular weight excluding hydrogens is 218 g/mol. The highest BCUT2D eigenvalue weighted by Crippen LogP contribution is 2.27. The maximum atomic E-state index is 9.07. The van der Waals surface area contributed by atoms with E-state index < -0.39 is 0 Å². The van der Waals surface area contributed by atoms with Gasteiger partial charge in [-0.25, -0.2) is 4.68 Å². The molecule has 6 heteroatoms. The minimum Gasteiger partial charge on any atom is -0.388 e.